The molecule has 2 saturated heterocycles. The average Bonchev–Trinajstić information content (AvgIpc) is 2.92. The molecule has 2 aliphatic rings. The summed E-state index contributed by atoms with van der Waals surface area (Å²) < 4.78 is 50.6. The number of anilines is 3. The Bertz CT molecular complexity index is 1470. The number of piperazine rings is 1. The zero-order chi connectivity index (χ0) is 29.1. The van der Waals surface area contributed by atoms with E-state index in [1.807, 2.05) is 6.07 Å². The van der Waals surface area contributed by atoms with Gasteiger partial charge in [-0.15, -0.1) is 0 Å². The first-order valence-electron chi connectivity index (χ1n) is 13.8. The van der Waals surface area contributed by atoms with Crippen LogP contribution in [0.5, 0.6) is 0 Å². The summed E-state index contributed by atoms with van der Waals surface area (Å²) in [6.07, 6.45) is 3.15. The van der Waals surface area contributed by atoms with Gasteiger partial charge in [0.1, 0.15) is 16.5 Å². The smallest absolute Gasteiger partial charge is 0.265 e. The Hall–Kier alpha value is -3.32. The van der Waals surface area contributed by atoms with Gasteiger partial charge in [0.25, 0.3) is 10.0 Å². The summed E-state index contributed by atoms with van der Waals surface area (Å²) in [7, 11) is -0.543. The molecule has 0 bridgehead atoms. The van der Waals surface area contributed by atoms with Crippen molar-refractivity contribution in [2.45, 2.75) is 37.4 Å². The molecule has 5 rings (SSSR count). The largest absolute Gasteiger partial charge is 0.378 e. The summed E-state index contributed by atoms with van der Waals surface area (Å²) >= 11 is 0. The Morgan fingerprint density at radius 3 is 2.49 bits per heavy atom. The number of aromatic nitrogens is 2. The number of benzene rings is 1. The molecule has 4 heterocycles. The fraction of sp³-hybridized carbons (Fsp3) is 0.448. The van der Waals surface area contributed by atoms with Crippen LogP contribution in [0, 0.1) is 5.82 Å². The van der Waals surface area contributed by atoms with Gasteiger partial charge in [0, 0.05) is 70.7 Å². The first-order valence-corrected chi connectivity index (χ1v) is 15.3. The van der Waals surface area contributed by atoms with Gasteiger partial charge in [-0.05, 0) is 49.7 Å². The molecule has 0 spiro atoms. The van der Waals surface area contributed by atoms with E-state index in [2.05, 4.69) is 43.7 Å². The van der Waals surface area contributed by atoms with Gasteiger partial charge in [-0.3, -0.25) is 14.6 Å². The van der Waals surface area contributed by atoms with Gasteiger partial charge in [0.05, 0.1) is 36.5 Å². The lowest BCUT2D eigenvalue weighted by atomic mass is 10.1. The third kappa shape index (κ3) is 6.95. The number of sulfonamides is 1. The van der Waals surface area contributed by atoms with Crippen LogP contribution in [0.4, 0.5) is 21.6 Å². The van der Waals surface area contributed by atoms with E-state index >= 15 is 4.39 Å². The van der Waals surface area contributed by atoms with Gasteiger partial charge in [-0.1, -0.05) is 6.07 Å². The number of morpholine rings is 1. The molecule has 12 heteroatoms. The molecule has 41 heavy (non-hydrogen) atoms. The Morgan fingerprint density at radius 2 is 1.80 bits per heavy atom. The predicted molar refractivity (Wildman–Crippen MR) is 159 cm³/mol. The zero-order valence-corrected chi connectivity index (χ0v) is 24.8. The quantitative estimate of drug-likeness (QED) is 0.414. The summed E-state index contributed by atoms with van der Waals surface area (Å²) in [5.41, 5.74) is 2.52. The molecule has 0 unspecified atom stereocenters. The zero-order valence-electron chi connectivity index (χ0n) is 24.0. The topological polar surface area (TPSA) is 103 Å². The monoisotopic (exact) mass is 583 g/mol. The molecule has 10 nitrogen and oxygen atoms in total. The van der Waals surface area contributed by atoms with E-state index < -0.39 is 15.8 Å². The Morgan fingerprint density at radius 1 is 1.07 bits per heavy atom. The van der Waals surface area contributed by atoms with Crippen LogP contribution < -0.4 is 19.8 Å². The van der Waals surface area contributed by atoms with E-state index in [9.17, 15) is 8.42 Å². The summed E-state index contributed by atoms with van der Waals surface area (Å²) in [4.78, 5) is 14.9. The predicted octanol–water partition coefficient (Wildman–Crippen LogP) is 3.17. The Labute approximate surface area is 241 Å². The highest BCUT2D eigenvalue weighted by Gasteiger charge is 2.25. The van der Waals surface area contributed by atoms with Crippen LogP contribution in [0.15, 0.2) is 53.7 Å². The summed E-state index contributed by atoms with van der Waals surface area (Å²) in [5, 5.41) is 3.51. The van der Waals surface area contributed by atoms with Crippen molar-refractivity contribution in [1.29, 1.82) is 0 Å². The number of pyridine rings is 2. The van der Waals surface area contributed by atoms with Crippen LogP contribution in [-0.4, -0.2) is 88.9 Å². The van der Waals surface area contributed by atoms with Gasteiger partial charge in [0.2, 0.25) is 0 Å². The van der Waals surface area contributed by atoms with Crippen molar-refractivity contribution in [3.05, 3.63) is 60.2 Å². The summed E-state index contributed by atoms with van der Waals surface area (Å²) in [5.74, 6) is -0.0813. The summed E-state index contributed by atoms with van der Waals surface area (Å²) in [6.45, 7) is 9.21. The maximum atomic E-state index is 15.3. The SMILES string of the molecule is C[C@@H]1CN(Cc2ccc(-c3cc(NS(=O)(=O)c4cc(N5CCOCC5)cnc4N(C)C)ccn3)c(F)c2)C[C@H](C)N1. The van der Waals surface area contributed by atoms with E-state index in [1.54, 1.807) is 49.5 Å². The number of nitrogens with one attached hydrogen (secondary N) is 2. The van der Waals surface area contributed by atoms with E-state index in [1.165, 1.54) is 12.3 Å². The number of halogens is 1. The number of hydrogen-bond donors (Lipinski definition) is 2. The van der Waals surface area contributed by atoms with Crippen molar-refractivity contribution < 1.29 is 17.5 Å². The molecule has 3 aromatic rings. The molecule has 1 aromatic carbocycles. The second kappa shape index (κ2) is 12.3. The van der Waals surface area contributed by atoms with Crippen LogP contribution in [0.1, 0.15) is 19.4 Å². The molecule has 2 fully saturated rings. The van der Waals surface area contributed by atoms with E-state index in [-0.39, 0.29) is 10.6 Å². The van der Waals surface area contributed by atoms with E-state index in [0.717, 1.165) is 18.7 Å². The number of rotatable bonds is 8. The normalized spacial score (nSPS) is 20.2. The molecular formula is C29H38FN7O3S. The second-order valence-corrected chi connectivity index (χ2v) is 12.7. The first-order chi connectivity index (χ1) is 19.6. The van der Waals surface area contributed by atoms with E-state index in [4.69, 9.17) is 4.74 Å². The molecule has 2 aromatic heterocycles. The van der Waals surface area contributed by atoms with Crippen molar-refractivity contribution in [2.24, 2.45) is 0 Å². The highest BCUT2D eigenvalue weighted by molar-refractivity contribution is 7.92. The minimum absolute atomic E-state index is 0.0527. The second-order valence-electron chi connectivity index (χ2n) is 11.0. The van der Waals surface area contributed by atoms with Gasteiger partial charge in [0.15, 0.2) is 0 Å². The lowest BCUT2D eigenvalue weighted by molar-refractivity contribution is 0.122. The van der Waals surface area contributed by atoms with Gasteiger partial charge in [-0.25, -0.2) is 17.8 Å². The first kappa shape index (κ1) is 29.2. The number of hydrogen-bond acceptors (Lipinski definition) is 9. The van der Waals surface area contributed by atoms with Crippen molar-refractivity contribution in [1.82, 2.24) is 20.2 Å². The lowest BCUT2D eigenvalue weighted by Crippen LogP contribution is -2.53. The van der Waals surface area contributed by atoms with E-state index in [0.29, 0.717) is 67.7 Å². The Kier molecular flexibility index (Phi) is 8.74. The van der Waals surface area contributed by atoms with Crippen LogP contribution in [0.3, 0.4) is 0 Å². The van der Waals surface area contributed by atoms with Crippen LogP contribution >= 0.6 is 0 Å². The molecule has 0 saturated carbocycles. The highest BCUT2D eigenvalue weighted by atomic mass is 32.2. The van der Waals surface area contributed by atoms with Crippen molar-refractivity contribution in [2.75, 3.05) is 68.0 Å². The fourth-order valence-corrected chi connectivity index (χ4v) is 6.80. The minimum atomic E-state index is -4.04. The molecule has 2 atom stereocenters. The molecule has 0 amide bonds. The number of nitrogens with zero attached hydrogens (tertiary/aromatic N) is 5. The third-order valence-corrected chi connectivity index (χ3v) is 8.65. The maximum Gasteiger partial charge on any atom is 0.265 e. The minimum Gasteiger partial charge on any atom is -0.378 e. The molecule has 0 radical (unpaired) electrons. The molecule has 2 N–H and O–H groups in total. The summed E-state index contributed by atoms with van der Waals surface area (Å²) in [6, 6.07) is 10.6. The van der Waals surface area contributed by atoms with Gasteiger partial charge < -0.3 is 19.9 Å². The highest BCUT2D eigenvalue weighted by Crippen LogP contribution is 2.30. The molecule has 220 valence electrons. The Balaban J connectivity index is 1.37. The fourth-order valence-electron chi connectivity index (χ4n) is 5.50. The third-order valence-electron chi connectivity index (χ3n) is 7.27. The lowest BCUT2D eigenvalue weighted by Gasteiger charge is -2.36. The number of ether oxygens (including phenoxy) is 1. The maximum absolute atomic E-state index is 15.3. The van der Waals surface area contributed by atoms with Gasteiger partial charge >= 0.3 is 0 Å². The van der Waals surface area contributed by atoms with Crippen LogP contribution in [0.2, 0.25) is 0 Å². The van der Waals surface area contributed by atoms with Crippen LogP contribution in [-0.2, 0) is 21.3 Å². The van der Waals surface area contributed by atoms with Crippen molar-refractivity contribution in [3.63, 3.8) is 0 Å². The average molecular weight is 584 g/mol. The van der Waals surface area contributed by atoms with Crippen molar-refractivity contribution >= 4 is 27.2 Å². The standard InChI is InChI=1S/C29H38FN7O3S/c1-20-17-36(18-21(2)33-20)19-22-5-6-25(26(30)13-22)27-14-23(7-8-31-27)34-41(38,39)28-15-24(16-32-29(28)35(3)4)37-9-11-40-12-10-37/h5-8,13-16,20-21,33H,9-12,17-19H2,1-4H3,(H,31,34)/t20-,21+. The van der Waals surface area contributed by atoms with Crippen LogP contribution in [0.25, 0.3) is 11.3 Å². The molecule has 0 aliphatic carbocycles. The molecular weight excluding hydrogens is 545 g/mol. The van der Waals surface area contributed by atoms with Crippen molar-refractivity contribution in [3.8, 4) is 11.3 Å². The van der Waals surface area contributed by atoms with Gasteiger partial charge in [-0.2, -0.15) is 0 Å². The molecule has 2 aliphatic heterocycles.